The fourth-order valence-electron chi connectivity index (χ4n) is 3.50. The highest BCUT2D eigenvalue weighted by molar-refractivity contribution is 5.99. The molecule has 1 N–H and O–H groups in total. The van der Waals surface area contributed by atoms with Crippen LogP contribution < -0.4 is 10.1 Å². The fraction of sp³-hybridized carbons (Fsp3) is 0.174. The van der Waals surface area contributed by atoms with Gasteiger partial charge >= 0.3 is 0 Å². The number of ether oxygens (including phenoxy) is 1. The molecule has 5 heteroatoms. The Bertz CT molecular complexity index is 971. The van der Waals surface area contributed by atoms with Crippen LogP contribution in [0.5, 0.6) is 5.75 Å². The van der Waals surface area contributed by atoms with Crippen LogP contribution in [0.3, 0.4) is 0 Å². The molecule has 1 aliphatic heterocycles. The molecule has 1 aliphatic rings. The monoisotopic (exact) mass is 376 g/mol. The molecule has 142 valence electrons. The molecular formula is C23H21FN2O2. The zero-order valence-corrected chi connectivity index (χ0v) is 15.6. The largest absolute Gasteiger partial charge is 0.497 e. The summed E-state index contributed by atoms with van der Waals surface area (Å²) in [5, 5.41) is 3.49. The van der Waals surface area contributed by atoms with E-state index in [0.717, 1.165) is 22.4 Å². The summed E-state index contributed by atoms with van der Waals surface area (Å²) in [7, 11) is 1.64. The van der Waals surface area contributed by atoms with Gasteiger partial charge in [0, 0.05) is 24.2 Å². The number of hydrogen-bond donors (Lipinski definition) is 1. The number of carbonyl (C=O) groups excluding carboxylic acids is 1. The molecule has 0 saturated heterocycles. The number of methoxy groups -OCH3 is 1. The molecule has 0 fully saturated rings. The van der Waals surface area contributed by atoms with Gasteiger partial charge in [0.05, 0.1) is 7.11 Å². The van der Waals surface area contributed by atoms with Gasteiger partial charge in [-0.25, -0.2) is 4.39 Å². The van der Waals surface area contributed by atoms with Gasteiger partial charge in [0.15, 0.2) is 0 Å². The van der Waals surface area contributed by atoms with E-state index < -0.39 is 0 Å². The first-order chi connectivity index (χ1) is 13.7. The number of nitrogens with one attached hydrogen (secondary N) is 1. The summed E-state index contributed by atoms with van der Waals surface area (Å²) in [6, 6.07) is 21.7. The van der Waals surface area contributed by atoms with Gasteiger partial charge in [-0.2, -0.15) is 0 Å². The summed E-state index contributed by atoms with van der Waals surface area (Å²) in [5.74, 6) is 0.504. The van der Waals surface area contributed by atoms with Crippen molar-refractivity contribution in [3.63, 3.8) is 0 Å². The number of rotatable bonds is 6. The Morgan fingerprint density at radius 2 is 1.64 bits per heavy atom. The second-order valence-electron chi connectivity index (χ2n) is 6.78. The maximum absolute atomic E-state index is 13.2. The number of carbonyl (C=O) groups is 1. The van der Waals surface area contributed by atoms with Gasteiger partial charge in [0.1, 0.15) is 17.7 Å². The molecule has 0 unspecified atom stereocenters. The minimum Gasteiger partial charge on any atom is -0.497 e. The summed E-state index contributed by atoms with van der Waals surface area (Å²) in [5.41, 5.74) is 3.65. The number of fused-ring (bicyclic) bond motifs is 1. The zero-order valence-electron chi connectivity index (χ0n) is 15.6. The van der Waals surface area contributed by atoms with Crippen molar-refractivity contribution >= 4 is 5.91 Å². The molecule has 0 saturated carbocycles. The molecule has 1 atom stereocenters. The minimum atomic E-state index is -0.283. The first kappa shape index (κ1) is 18.2. The fourth-order valence-corrected chi connectivity index (χ4v) is 3.50. The Labute approximate surface area is 163 Å². The summed E-state index contributed by atoms with van der Waals surface area (Å²) < 4.78 is 18.4. The standard InChI is InChI=1S/C23H21FN2O2/c1-28-19-12-8-16(9-13-19)14-25-22-20-4-2-3-5-21(20)23(27)26(22)15-17-6-10-18(24)11-7-17/h2-13,22,25H,14-15H2,1H3/t22-/m0/s1. The van der Waals surface area contributed by atoms with Gasteiger partial charge in [-0.3, -0.25) is 10.1 Å². The van der Waals surface area contributed by atoms with Crippen molar-refractivity contribution < 1.29 is 13.9 Å². The maximum atomic E-state index is 13.2. The van der Waals surface area contributed by atoms with E-state index in [4.69, 9.17) is 4.74 Å². The molecule has 0 aromatic heterocycles. The predicted molar refractivity (Wildman–Crippen MR) is 105 cm³/mol. The molecule has 28 heavy (non-hydrogen) atoms. The third kappa shape index (κ3) is 3.62. The van der Waals surface area contributed by atoms with Crippen molar-refractivity contribution in [3.8, 4) is 5.75 Å². The quantitative estimate of drug-likeness (QED) is 0.698. The van der Waals surface area contributed by atoms with E-state index >= 15 is 0 Å². The Balaban J connectivity index is 1.56. The van der Waals surface area contributed by atoms with Gasteiger partial charge in [-0.15, -0.1) is 0 Å². The SMILES string of the molecule is COc1ccc(CN[C@@H]2c3ccccc3C(=O)N2Cc2ccc(F)cc2)cc1. The van der Waals surface area contributed by atoms with E-state index in [1.54, 1.807) is 24.1 Å². The molecule has 3 aromatic rings. The number of nitrogens with zero attached hydrogens (tertiary/aromatic N) is 1. The summed E-state index contributed by atoms with van der Waals surface area (Å²) in [6.07, 6.45) is -0.240. The van der Waals surface area contributed by atoms with Crippen LogP contribution in [0.1, 0.15) is 33.2 Å². The van der Waals surface area contributed by atoms with Gasteiger partial charge < -0.3 is 9.64 Å². The van der Waals surface area contributed by atoms with Crippen molar-refractivity contribution in [1.29, 1.82) is 0 Å². The van der Waals surface area contributed by atoms with Gasteiger partial charge in [-0.05, 0) is 41.5 Å². The molecule has 3 aromatic carbocycles. The highest BCUT2D eigenvalue weighted by Crippen LogP contribution is 2.33. The van der Waals surface area contributed by atoms with Gasteiger partial charge in [-0.1, -0.05) is 42.5 Å². The van der Waals surface area contributed by atoms with E-state index in [2.05, 4.69) is 5.32 Å². The summed E-state index contributed by atoms with van der Waals surface area (Å²) in [4.78, 5) is 14.8. The Morgan fingerprint density at radius 1 is 0.964 bits per heavy atom. The molecule has 0 spiro atoms. The second-order valence-corrected chi connectivity index (χ2v) is 6.78. The summed E-state index contributed by atoms with van der Waals surface area (Å²) in [6.45, 7) is 1.02. The average Bonchev–Trinajstić information content (AvgIpc) is 3.00. The van der Waals surface area contributed by atoms with Crippen LogP contribution in [-0.4, -0.2) is 17.9 Å². The van der Waals surface area contributed by atoms with Crippen molar-refractivity contribution in [1.82, 2.24) is 10.2 Å². The molecule has 4 nitrogen and oxygen atoms in total. The molecule has 0 radical (unpaired) electrons. The lowest BCUT2D eigenvalue weighted by Crippen LogP contribution is -2.36. The Kier molecular flexibility index (Phi) is 5.08. The van der Waals surface area contributed by atoms with Crippen molar-refractivity contribution in [3.05, 3.63) is 101 Å². The van der Waals surface area contributed by atoms with Gasteiger partial charge in [0.25, 0.3) is 5.91 Å². The first-order valence-corrected chi connectivity index (χ1v) is 9.16. The number of amides is 1. The molecule has 0 aliphatic carbocycles. The number of halogens is 1. The smallest absolute Gasteiger partial charge is 0.256 e. The van der Waals surface area contributed by atoms with Crippen molar-refractivity contribution in [2.75, 3.05) is 7.11 Å². The maximum Gasteiger partial charge on any atom is 0.256 e. The van der Waals surface area contributed by atoms with Crippen LogP contribution in [0, 0.1) is 5.82 Å². The first-order valence-electron chi connectivity index (χ1n) is 9.16. The second kappa shape index (κ2) is 7.82. The molecule has 4 rings (SSSR count). The number of benzene rings is 3. The summed E-state index contributed by atoms with van der Waals surface area (Å²) >= 11 is 0. The minimum absolute atomic E-state index is 0.0212. The van der Waals surface area contributed by atoms with Crippen LogP contribution in [0.4, 0.5) is 4.39 Å². The lowest BCUT2D eigenvalue weighted by molar-refractivity contribution is 0.0675. The molecule has 1 heterocycles. The van der Waals surface area contributed by atoms with Gasteiger partial charge in [0.2, 0.25) is 0 Å². The van der Waals surface area contributed by atoms with E-state index in [9.17, 15) is 9.18 Å². The molecule has 1 amide bonds. The van der Waals surface area contributed by atoms with E-state index in [-0.39, 0.29) is 17.9 Å². The van der Waals surface area contributed by atoms with Crippen LogP contribution in [0.15, 0.2) is 72.8 Å². The predicted octanol–water partition coefficient (Wildman–Crippen LogP) is 4.28. The Morgan fingerprint density at radius 3 is 2.36 bits per heavy atom. The Hall–Kier alpha value is -3.18. The van der Waals surface area contributed by atoms with Crippen LogP contribution >= 0.6 is 0 Å². The van der Waals surface area contributed by atoms with Crippen molar-refractivity contribution in [2.24, 2.45) is 0 Å². The average molecular weight is 376 g/mol. The van der Waals surface area contributed by atoms with Crippen LogP contribution in [0.2, 0.25) is 0 Å². The lowest BCUT2D eigenvalue weighted by atomic mass is 10.1. The van der Waals surface area contributed by atoms with Crippen molar-refractivity contribution in [2.45, 2.75) is 19.3 Å². The molecular weight excluding hydrogens is 355 g/mol. The third-order valence-corrected chi connectivity index (χ3v) is 4.98. The number of hydrogen-bond acceptors (Lipinski definition) is 3. The topological polar surface area (TPSA) is 41.6 Å². The van der Waals surface area contributed by atoms with Crippen LogP contribution in [-0.2, 0) is 13.1 Å². The van der Waals surface area contributed by atoms with Crippen LogP contribution in [0.25, 0.3) is 0 Å². The zero-order chi connectivity index (χ0) is 19.5. The van der Waals surface area contributed by atoms with E-state index in [1.807, 2.05) is 48.5 Å². The third-order valence-electron chi connectivity index (χ3n) is 4.98. The van der Waals surface area contributed by atoms with E-state index in [1.165, 1.54) is 12.1 Å². The highest BCUT2D eigenvalue weighted by Gasteiger charge is 2.36. The normalized spacial score (nSPS) is 15.6. The molecule has 0 bridgehead atoms. The lowest BCUT2D eigenvalue weighted by Gasteiger charge is -2.26. The van der Waals surface area contributed by atoms with E-state index in [0.29, 0.717) is 18.7 Å². The highest BCUT2D eigenvalue weighted by atomic mass is 19.1.